The number of aromatic nitrogens is 2. The molecule has 0 unspecified atom stereocenters. The van der Waals surface area contributed by atoms with E-state index in [2.05, 4.69) is 10.2 Å². The van der Waals surface area contributed by atoms with Crippen molar-refractivity contribution in [2.24, 2.45) is 0 Å². The summed E-state index contributed by atoms with van der Waals surface area (Å²) in [5.74, 6) is -0.647. The SMILES string of the molecule is Cc1n[nH]c(C)c1C(=O)N(CC(F)(F)F)C(C)C. The van der Waals surface area contributed by atoms with Gasteiger partial charge < -0.3 is 4.90 Å². The Labute approximate surface area is 103 Å². The van der Waals surface area contributed by atoms with Crippen LogP contribution in [0.25, 0.3) is 0 Å². The molecule has 0 aliphatic rings. The Balaban J connectivity index is 3.05. The number of carbonyl (C=O) groups excluding carboxylic acids is 1. The zero-order valence-electron chi connectivity index (χ0n) is 10.7. The van der Waals surface area contributed by atoms with Crippen LogP contribution in [0.2, 0.25) is 0 Å². The van der Waals surface area contributed by atoms with Gasteiger partial charge in [0.15, 0.2) is 0 Å². The molecule has 0 saturated heterocycles. The molecule has 1 aromatic heterocycles. The number of aryl methyl sites for hydroxylation is 2. The molecule has 0 atom stereocenters. The molecule has 0 fully saturated rings. The first kappa shape index (κ1) is 14.5. The Bertz CT molecular complexity index is 418. The summed E-state index contributed by atoms with van der Waals surface area (Å²) in [6, 6.07) is -0.534. The summed E-state index contributed by atoms with van der Waals surface area (Å²) in [6.07, 6.45) is -4.41. The fourth-order valence-corrected chi connectivity index (χ4v) is 1.69. The number of H-pyrrole nitrogens is 1. The number of nitrogens with zero attached hydrogens (tertiary/aromatic N) is 2. The van der Waals surface area contributed by atoms with E-state index in [0.717, 1.165) is 4.90 Å². The number of halogens is 3. The lowest BCUT2D eigenvalue weighted by Crippen LogP contribution is -2.43. The Morgan fingerprint density at radius 1 is 1.39 bits per heavy atom. The van der Waals surface area contributed by atoms with Crippen LogP contribution in [-0.2, 0) is 0 Å². The van der Waals surface area contributed by atoms with Crippen LogP contribution in [0.15, 0.2) is 0 Å². The Morgan fingerprint density at radius 3 is 2.28 bits per heavy atom. The van der Waals surface area contributed by atoms with Gasteiger partial charge in [0.25, 0.3) is 5.91 Å². The summed E-state index contributed by atoms with van der Waals surface area (Å²) in [5, 5.41) is 6.42. The van der Waals surface area contributed by atoms with E-state index in [-0.39, 0.29) is 5.56 Å². The van der Waals surface area contributed by atoms with Gasteiger partial charge in [-0.25, -0.2) is 0 Å². The molecule has 1 amide bonds. The lowest BCUT2D eigenvalue weighted by molar-refractivity contribution is -0.143. The number of alkyl halides is 3. The van der Waals surface area contributed by atoms with Crippen molar-refractivity contribution in [2.75, 3.05) is 6.54 Å². The van der Waals surface area contributed by atoms with E-state index in [0.29, 0.717) is 11.4 Å². The van der Waals surface area contributed by atoms with Crippen LogP contribution >= 0.6 is 0 Å². The van der Waals surface area contributed by atoms with Gasteiger partial charge in [0, 0.05) is 11.7 Å². The van der Waals surface area contributed by atoms with Gasteiger partial charge in [-0.15, -0.1) is 0 Å². The van der Waals surface area contributed by atoms with Gasteiger partial charge in [0.2, 0.25) is 0 Å². The Morgan fingerprint density at radius 2 is 1.94 bits per heavy atom. The summed E-state index contributed by atoms with van der Waals surface area (Å²) in [6.45, 7) is 5.04. The molecule has 0 radical (unpaired) electrons. The first-order valence-electron chi connectivity index (χ1n) is 5.52. The van der Waals surface area contributed by atoms with E-state index in [9.17, 15) is 18.0 Å². The van der Waals surface area contributed by atoms with Gasteiger partial charge >= 0.3 is 6.18 Å². The molecular weight excluding hydrogens is 247 g/mol. The molecule has 0 aliphatic heterocycles. The molecule has 7 heteroatoms. The molecule has 102 valence electrons. The first-order chi connectivity index (χ1) is 8.13. The van der Waals surface area contributed by atoms with Gasteiger partial charge in [-0.3, -0.25) is 9.89 Å². The summed E-state index contributed by atoms with van der Waals surface area (Å²) < 4.78 is 37.4. The van der Waals surface area contributed by atoms with E-state index in [1.165, 1.54) is 0 Å². The average molecular weight is 263 g/mol. The van der Waals surface area contributed by atoms with E-state index in [1.807, 2.05) is 0 Å². The summed E-state index contributed by atoms with van der Waals surface area (Å²) in [7, 11) is 0. The van der Waals surface area contributed by atoms with E-state index in [4.69, 9.17) is 0 Å². The van der Waals surface area contributed by atoms with Crippen LogP contribution in [0, 0.1) is 13.8 Å². The number of hydrogen-bond donors (Lipinski definition) is 1. The summed E-state index contributed by atoms with van der Waals surface area (Å²) in [4.78, 5) is 12.9. The molecule has 1 N–H and O–H groups in total. The minimum absolute atomic E-state index is 0.216. The van der Waals surface area contributed by atoms with Gasteiger partial charge in [-0.05, 0) is 27.7 Å². The predicted octanol–water partition coefficient (Wildman–Crippen LogP) is 2.44. The largest absolute Gasteiger partial charge is 0.406 e. The van der Waals surface area contributed by atoms with Crippen LogP contribution < -0.4 is 0 Å². The molecule has 18 heavy (non-hydrogen) atoms. The fraction of sp³-hybridized carbons (Fsp3) is 0.636. The van der Waals surface area contributed by atoms with E-state index >= 15 is 0 Å². The highest BCUT2D eigenvalue weighted by Crippen LogP contribution is 2.21. The maximum absolute atomic E-state index is 12.5. The lowest BCUT2D eigenvalue weighted by atomic mass is 10.1. The monoisotopic (exact) mass is 263 g/mol. The van der Waals surface area contributed by atoms with Gasteiger partial charge in [-0.2, -0.15) is 18.3 Å². The zero-order chi connectivity index (χ0) is 14.1. The van der Waals surface area contributed by atoms with Crippen molar-refractivity contribution < 1.29 is 18.0 Å². The number of amides is 1. The van der Waals surface area contributed by atoms with Crippen molar-refractivity contribution >= 4 is 5.91 Å². The Hall–Kier alpha value is -1.53. The molecular formula is C11H16F3N3O. The van der Waals surface area contributed by atoms with Gasteiger partial charge in [-0.1, -0.05) is 0 Å². The second-order valence-electron chi connectivity index (χ2n) is 4.45. The van der Waals surface area contributed by atoms with Gasteiger partial charge in [0.1, 0.15) is 6.54 Å². The lowest BCUT2D eigenvalue weighted by Gasteiger charge is -2.27. The van der Waals surface area contributed by atoms with Crippen molar-refractivity contribution in [1.82, 2.24) is 15.1 Å². The number of carbonyl (C=O) groups is 1. The quantitative estimate of drug-likeness (QED) is 0.910. The minimum Gasteiger partial charge on any atom is -0.327 e. The van der Waals surface area contributed by atoms with Crippen LogP contribution in [0.5, 0.6) is 0 Å². The van der Waals surface area contributed by atoms with E-state index < -0.39 is 24.7 Å². The van der Waals surface area contributed by atoms with Crippen molar-refractivity contribution in [1.29, 1.82) is 0 Å². The summed E-state index contributed by atoms with van der Waals surface area (Å²) in [5.41, 5.74) is 1.10. The normalized spacial score (nSPS) is 12.0. The highest BCUT2D eigenvalue weighted by molar-refractivity contribution is 5.96. The van der Waals surface area contributed by atoms with Crippen LogP contribution in [0.4, 0.5) is 13.2 Å². The van der Waals surface area contributed by atoms with Crippen molar-refractivity contribution in [3.63, 3.8) is 0 Å². The van der Waals surface area contributed by atoms with Crippen molar-refractivity contribution in [3.8, 4) is 0 Å². The second-order valence-corrected chi connectivity index (χ2v) is 4.45. The molecule has 0 aromatic carbocycles. The number of nitrogens with one attached hydrogen (secondary N) is 1. The van der Waals surface area contributed by atoms with Crippen LogP contribution in [-0.4, -0.2) is 39.8 Å². The zero-order valence-corrected chi connectivity index (χ0v) is 10.7. The smallest absolute Gasteiger partial charge is 0.327 e. The van der Waals surface area contributed by atoms with Crippen molar-refractivity contribution in [3.05, 3.63) is 17.0 Å². The number of hydrogen-bond acceptors (Lipinski definition) is 2. The van der Waals surface area contributed by atoms with Crippen molar-refractivity contribution in [2.45, 2.75) is 39.9 Å². The molecule has 0 spiro atoms. The maximum Gasteiger partial charge on any atom is 0.406 e. The molecule has 1 aromatic rings. The first-order valence-corrected chi connectivity index (χ1v) is 5.52. The molecule has 4 nitrogen and oxygen atoms in total. The second kappa shape index (κ2) is 4.99. The van der Waals surface area contributed by atoms with Crippen LogP contribution in [0.1, 0.15) is 35.6 Å². The van der Waals surface area contributed by atoms with E-state index in [1.54, 1.807) is 27.7 Å². The highest BCUT2D eigenvalue weighted by Gasteiger charge is 2.35. The number of rotatable bonds is 3. The predicted molar refractivity (Wildman–Crippen MR) is 60.3 cm³/mol. The fourth-order valence-electron chi connectivity index (χ4n) is 1.69. The highest BCUT2D eigenvalue weighted by atomic mass is 19.4. The van der Waals surface area contributed by atoms with Crippen LogP contribution in [0.3, 0.4) is 0 Å². The van der Waals surface area contributed by atoms with Gasteiger partial charge in [0.05, 0.1) is 11.3 Å². The average Bonchev–Trinajstić information content (AvgIpc) is 2.52. The minimum atomic E-state index is -4.41. The molecule has 1 heterocycles. The number of aromatic amines is 1. The standard InChI is InChI=1S/C11H16F3N3O/c1-6(2)17(5-11(12,13)14)10(18)9-7(3)15-16-8(9)4/h6H,5H2,1-4H3,(H,15,16). The third-order valence-electron chi connectivity index (χ3n) is 2.58. The third-order valence-corrected chi connectivity index (χ3v) is 2.58. The molecule has 0 bridgehead atoms. The summed E-state index contributed by atoms with van der Waals surface area (Å²) >= 11 is 0. The third kappa shape index (κ3) is 3.24. The molecule has 0 aliphatic carbocycles. The molecule has 0 saturated carbocycles. The Kier molecular flexibility index (Phi) is 4.03. The maximum atomic E-state index is 12.5. The topological polar surface area (TPSA) is 49.0 Å². The molecule has 1 rings (SSSR count).